The van der Waals surface area contributed by atoms with Crippen LogP contribution in [0.2, 0.25) is 5.02 Å². The molecule has 0 amide bonds. The molecule has 0 unspecified atom stereocenters. The third-order valence-corrected chi connectivity index (χ3v) is 3.41. The number of hydrogen-bond acceptors (Lipinski definition) is 4. The van der Waals surface area contributed by atoms with Crippen molar-refractivity contribution in [2.45, 2.75) is 6.54 Å². The summed E-state index contributed by atoms with van der Waals surface area (Å²) < 4.78 is 0. The fraction of sp³-hybridized carbons (Fsp3) is 0.0588. The average molecular weight is 312 g/mol. The van der Waals surface area contributed by atoms with E-state index in [1.165, 1.54) is 12.4 Å². The number of aromatic nitrogens is 2. The minimum absolute atomic E-state index is 0.166. The van der Waals surface area contributed by atoms with Crippen molar-refractivity contribution in [2.24, 2.45) is 0 Å². The first-order valence-electron chi connectivity index (χ1n) is 6.78. The summed E-state index contributed by atoms with van der Waals surface area (Å²) in [6, 6.07) is 13.0. The van der Waals surface area contributed by atoms with Crippen LogP contribution in [0.5, 0.6) is 5.75 Å². The molecule has 5 heteroatoms. The Hall–Kier alpha value is -2.59. The van der Waals surface area contributed by atoms with E-state index in [0.29, 0.717) is 11.6 Å². The van der Waals surface area contributed by atoms with E-state index < -0.39 is 0 Å². The van der Waals surface area contributed by atoms with Gasteiger partial charge in [-0.2, -0.15) is 0 Å². The molecule has 110 valence electrons. The molecule has 3 aromatic rings. The summed E-state index contributed by atoms with van der Waals surface area (Å²) in [7, 11) is 0. The lowest BCUT2D eigenvalue weighted by molar-refractivity contribution is 0.474. The molecule has 22 heavy (non-hydrogen) atoms. The molecule has 1 heterocycles. The molecule has 0 saturated heterocycles. The maximum Gasteiger partial charge on any atom is 0.117 e. The zero-order valence-electron chi connectivity index (χ0n) is 11.7. The fourth-order valence-electron chi connectivity index (χ4n) is 2.20. The predicted octanol–water partition coefficient (Wildman–Crippen LogP) is 4.11. The van der Waals surface area contributed by atoms with Gasteiger partial charge in [-0.3, -0.25) is 0 Å². The molecular formula is C17H14ClN3O. The van der Waals surface area contributed by atoms with Gasteiger partial charge in [-0.15, -0.1) is 0 Å². The van der Waals surface area contributed by atoms with E-state index in [1.54, 1.807) is 18.5 Å². The Kier molecular flexibility index (Phi) is 4.21. The van der Waals surface area contributed by atoms with Crippen molar-refractivity contribution in [1.82, 2.24) is 9.97 Å². The molecule has 0 aliphatic heterocycles. The Morgan fingerprint density at radius 3 is 2.59 bits per heavy atom. The number of nitrogens with one attached hydrogen (secondary N) is 1. The van der Waals surface area contributed by atoms with Crippen LogP contribution >= 0.6 is 11.6 Å². The number of aromatic hydroxyl groups is 1. The lowest BCUT2D eigenvalue weighted by Crippen LogP contribution is -1.99. The SMILES string of the molecule is Oc1cc(Cl)cc(CNc2cccc(-c3cncnc3)c2)c1. The highest BCUT2D eigenvalue weighted by Gasteiger charge is 2.02. The van der Waals surface area contributed by atoms with Crippen LogP contribution in [0.4, 0.5) is 5.69 Å². The van der Waals surface area contributed by atoms with E-state index in [4.69, 9.17) is 11.6 Å². The van der Waals surface area contributed by atoms with E-state index in [1.807, 2.05) is 30.3 Å². The maximum atomic E-state index is 9.56. The summed E-state index contributed by atoms with van der Waals surface area (Å²) in [5.41, 5.74) is 3.89. The number of rotatable bonds is 4. The van der Waals surface area contributed by atoms with Crippen LogP contribution in [0.15, 0.2) is 61.2 Å². The molecule has 4 nitrogen and oxygen atoms in total. The Morgan fingerprint density at radius 2 is 1.82 bits per heavy atom. The molecule has 0 bridgehead atoms. The molecule has 0 saturated carbocycles. The van der Waals surface area contributed by atoms with Crippen LogP contribution in [0.25, 0.3) is 11.1 Å². The van der Waals surface area contributed by atoms with Crippen LogP contribution in [-0.4, -0.2) is 15.1 Å². The molecule has 0 aliphatic rings. The van der Waals surface area contributed by atoms with Gasteiger partial charge in [-0.25, -0.2) is 9.97 Å². The Morgan fingerprint density at radius 1 is 1.00 bits per heavy atom. The monoisotopic (exact) mass is 311 g/mol. The van der Waals surface area contributed by atoms with Crippen molar-refractivity contribution in [3.63, 3.8) is 0 Å². The topological polar surface area (TPSA) is 58.0 Å². The summed E-state index contributed by atoms with van der Waals surface area (Å²) in [4.78, 5) is 8.06. The molecule has 2 N–H and O–H groups in total. The third-order valence-electron chi connectivity index (χ3n) is 3.20. The standard InChI is InChI=1S/C17H14ClN3O/c18-15-4-12(5-17(22)7-15)8-21-16-3-1-2-13(6-16)14-9-19-11-20-10-14/h1-7,9-11,21-22H,8H2. The lowest BCUT2D eigenvalue weighted by Gasteiger charge is -2.09. The maximum absolute atomic E-state index is 9.56. The van der Waals surface area contributed by atoms with Gasteiger partial charge in [-0.05, 0) is 41.5 Å². The molecule has 3 rings (SSSR count). The Balaban J connectivity index is 1.76. The number of benzene rings is 2. The third kappa shape index (κ3) is 3.54. The number of phenols is 1. The first kappa shape index (κ1) is 14.4. The molecule has 0 radical (unpaired) electrons. The second-order valence-corrected chi connectivity index (χ2v) is 5.32. The highest BCUT2D eigenvalue weighted by molar-refractivity contribution is 6.30. The highest BCUT2D eigenvalue weighted by Crippen LogP contribution is 2.23. The first-order chi connectivity index (χ1) is 10.7. The predicted molar refractivity (Wildman–Crippen MR) is 87.9 cm³/mol. The van der Waals surface area contributed by atoms with Crippen molar-refractivity contribution in [3.05, 3.63) is 71.8 Å². The molecular weight excluding hydrogens is 298 g/mol. The zero-order valence-corrected chi connectivity index (χ0v) is 12.5. The van der Waals surface area contributed by atoms with E-state index in [0.717, 1.165) is 22.4 Å². The smallest absolute Gasteiger partial charge is 0.117 e. The minimum atomic E-state index is 0.166. The second kappa shape index (κ2) is 6.45. The van der Waals surface area contributed by atoms with Crippen LogP contribution in [-0.2, 0) is 6.54 Å². The van der Waals surface area contributed by atoms with Gasteiger partial charge in [0.2, 0.25) is 0 Å². The van der Waals surface area contributed by atoms with Gasteiger partial charge in [-0.1, -0.05) is 23.7 Å². The highest BCUT2D eigenvalue weighted by atomic mass is 35.5. The number of hydrogen-bond donors (Lipinski definition) is 2. The number of nitrogens with zero attached hydrogens (tertiary/aromatic N) is 2. The van der Waals surface area contributed by atoms with Gasteiger partial charge in [0, 0.05) is 35.2 Å². The normalized spacial score (nSPS) is 10.4. The van der Waals surface area contributed by atoms with Gasteiger partial charge in [0.25, 0.3) is 0 Å². The number of phenolic OH excluding ortho intramolecular Hbond substituents is 1. The van der Waals surface area contributed by atoms with E-state index >= 15 is 0 Å². The Bertz CT molecular complexity index is 758. The van der Waals surface area contributed by atoms with Crippen LogP contribution in [0.1, 0.15) is 5.56 Å². The molecule has 0 atom stereocenters. The lowest BCUT2D eigenvalue weighted by atomic mass is 10.1. The minimum Gasteiger partial charge on any atom is -0.508 e. The summed E-state index contributed by atoms with van der Waals surface area (Å²) in [5, 5.41) is 13.4. The van der Waals surface area contributed by atoms with Gasteiger partial charge in [0.15, 0.2) is 0 Å². The van der Waals surface area contributed by atoms with E-state index in [-0.39, 0.29) is 5.75 Å². The average Bonchev–Trinajstić information content (AvgIpc) is 2.53. The zero-order chi connectivity index (χ0) is 15.4. The molecule has 2 aromatic carbocycles. The quantitative estimate of drug-likeness (QED) is 0.761. The van der Waals surface area contributed by atoms with Gasteiger partial charge >= 0.3 is 0 Å². The summed E-state index contributed by atoms with van der Waals surface area (Å²) >= 11 is 5.94. The second-order valence-electron chi connectivity index (χ2n) is 4.88. The molecule has 1 aromatic heterocycles. The van der Waals surface area contributed by atoms with Gasteiger partial charge < -0.3 is 10.4 Å². The van der Waals surface area contributed by atoms with Crippen molar-refractivity contribution in [1.29, 1.82) is 0 Å². The van der Waals surface area contributed by atoms with Crippen LogP contribution in [0.3, 0.4) is 0 Å². The summed E-state index contributed by atoms with van der Waals surface area (Å²) in [5.74, 6) is 0.166. The van der Waals surface area contributed by atoms with E-state index in [9.17, 15) is 5.11 Å². The van der Waals surface area contributed by atoms with Crippen LogP contribution < -0.4 is 5.32 Å². The van der Waals surface area contributed by atoms with Crippen molar-refractivity contribution in [2.75, 3.05) is 5.32 Å². The van der Waals surface area contributed by atoms with Gasteiger partial charge in [0.05, 0.1) is 0 Å². The van der Waals surface area contributed by atoms with E-state index in [2.05, 4.69) is 15.3 Å². The number of anilines is 1. The fourth-order valence-corrected chi connectivity index (χ4v) is 2.45. The summed E-state index contributed by atoms with van der Waals surface area (Å²) in [6.45, 7) is 0.572. The number of halogens is 1. The van der Waals surface area contributed by atoms with Crippen LogP contribution in [0, 0.1) is 0 Å². The van der Waals surface area contributed by atoms with Crippen molar-refractivity contribution in [3.8, 4) is 16.9 Å². The van der Waals surface area contributed by atoms with Crippen molar-refractivity contribution >= 4 is 17.3 Å². The molecule has 0 fully saturated rings. The Labute approximate surface area is 133 Å². The van der Waals surface area contributed by atoms with Crippen molar-refractivity contribution < 1.29 is 5.11 Å². The summed E-state index contributed by atoms with van der Waals surface area (Å²) in [6.07, 6.45) is 5.07. The molecule has 0 aliphatic carbocycles. The van der Waals surface area contributed by atoms with Gasteiger partial charge in [0.1, 0.15) is 12.1 Å². The largest absolute Gasteiger partial charge is 0.508 e. The first-order valence-corrected chi connectivity index (χ1v) is 7.16. The molecule has 0 spiro atoms.